The van der Waals surface area contributed by atoms with Crippen molar-refractivity contribution in [1.82, 2.24) is 14.2 Å². The van der Waals surface area contributed by atoms with Crippen LogP contribution in [0, 0.1) is 5.82 Å². The summed E-state index contributed by atoms with van der Waals surface area (Å²) in [5, 5.41) is 13.3. The van der Waals surface area contributed by atoms with Gasteiger partial charge in [-0.05, 0) is 68.0 Å². The minimum atomic E-state index is -3.72. The lowest BCUT2D eigenvalue weighted by Gasteiger charge is -2.39. The molecule has 1 heterocycles. The number of anilines is 1. The number of ether oxygens (including phenoxy) is 1. The summed E-state index contributed by atoms with van der Waals surface area (Å²) in [5.41, 5.74) is 1.31. The number of nitrogens with zero attached hydrogens (tertiary/aromatic N) is 4. The van der Waals surface area contributed by atoms with Gasteiger partial charge >= 0.3 is 10.2 Å². The fourth-order valence-corrected chi connectivity index (χ4v) is 5.94. The molecule has 3 aromatic carbocycles. The third-order valence-electron chi connectivity index (χ3n) is 7.34. The molecule has 0 aliphatic rings. The van der Waals surface area contributed by atoms with E-state index < -0.39 is 27.5 Å². The molecule has 0 radical (unpaired) electrons. The number of pyridine rings is 1. The topological polar surface area (TPSA) is 86.2 Å². The van der Waals surface area contributed by atoms with Gasteiger partial charge in [0.15, 0.2) is 0 Å². The summed E-state index contributed by atoms with van der Waals surface area (Å²) in [5.74, 6) is -0.840. The van der Waals surface area contributed by atoms with Crippen molar-refractivity contribution in [3.05, 3.63) is 101 Å². The fraction of sp³-hybridized carbons (Fsp3) is 0.323. The van der Waals surface area contributed by atoms with E-state index >= 15 is 0 Å². The highest BCUT2D eigenvalue weighted by atomic mass is 32.2. The van der Waals surface area contributed by atoms with E-state index in [1.54, 1.807) is 30.3 Å². The highest BCUT2D eigenvalue weighted by molar-refractivity contribution is 7.90. The Hall–Kier alpha value is -3.57. The van der Waals surface area contributed by atoms with Crippen LogP contribution >= 0.6 is 0 Å². The average molecular weight is 581 g/mol. The molecule has 0 aliphatic heterocycles. The Morgan fingerprint density at radius 2 is 1.66 bits per heavy atom. The van der Waals surface area contributed by atoms with E-state index in [2.05, 4.69) is 0 Å². The van der Waals surface area contributed by atoms with Gasteiger partial charge in [-0.15, -0.1) is 0 Å². The molecular formula is C31H37FN4O4S. The number of rotatable bonds is 11. The quantitative estimate of drug-likeness (QED) is 0.279. The van der Waals surface area contributed by atoms with Gasteiger partial charge in [-0.1, -0.05) is 42.5 Å². The van der Waals surface area contributed by atoms with Crippen LogP contribution in [0.4, 0.5) is 10.1 Å². The van der Waals surface area contributed by atoms with Crippen molar-refractivity contribution >= 4 is 26.8 Å². The van der Waals surface area contributed by atoms with Crippen molar-refractivity contribution < 1.29 is 22.7 Å². The summed E-state index contributed by atoms with van der Waals surface area (Å²) in [6.45, 7) is 0.525. The number of fused-ring (bicyclic) bond motifs is 1. The Morgan fingerprint density at radius 1 is 0.951 bits per heavy atom. The zero-order valence-corrected chi connectivity index (χ0v) is 25.1. The highest BCUT2D eigenvalue weighted by Gasteiger charge is 2.42. The summed E-state index contributed by atoms with van der Waals surface area (Å²) in [7, 11) is 6.08. The molecule has 4 rings (SSSR count). The van der Waals surface area contributed by atoms with Crippen molar-refractivity contribution in [3.8, 4) is 5.88 Å². The number of methoxy groups -OCH3 is 1. The molecule has 0 unspecified atom stereocenters. The van der Waals surface area contributed by atoms with E-state index in [1.807, 2.05) is 55.4 Å². The van der Waals surface area contributed by atoms with Crippen molar-refractivity contribution in [2.45, 2.75) is 17.9 Å². The first-order chi connectivity index (χ1) is 19.4. The van der Waals surface area contributed by atoms with E-state index in [-0.39, 0.29) is 6.42 Å². The molecule has 0 bridgehead atoms. The number of hydrogen-bond acceptors (Lipinski definition) is 6. The number of hydrogen-bond donors (Lipinski definition) is 1. The van der Waals surface area contributed by atoms with Gasteiger partial charge in [0, 0.05) is 44.6 Å². The normalized spacial score (nSPS) is 14.3. The molecule has 218 valence electrons. The predicted molar refractivity (Wildman–Crippen MR) is 161 cm³/mol. The molecule has 0 fully saturated rings. The molecule has 0 saturated carbocycles. The second kappa shape index (κ2) is 12.1. The number of benzene rings is 3. The van der Waals surface area contributed by atoms with Crippen LogP contribution in [0.25, 0.3) is 10.9 Å². The number of halogens is 1. The van der Waals surface area contributed by atoms with E-state index in [9.17, 15) is 17.9 Å². The van der Waals surface area contributed by atoms with Gasteiger partial charge in [0.1, 0.15) is 11.4 Å². The molecule has 10 heteroatoms. The van der Waals surface area contributed by atoms with Gasteiger partial charge in [-0.2, -0.15) is 12.7 Å². The van der Waals surface area contributed by atoms with Crippen LogP contribution < -0.4 is 9.04 Å². The van der Waals surface area contributed by atoms with E-state index in [0.29, 0.717) is 40.1 Å². The first-order valence-corrected chi connectivity index (χ1v) is 14.6. The second-order valence-corrected chi connectivity index (χ2v) is 12.7. The molecule has 1 N–H and O–H groups in total. The SMILES string of the molecule is COc1nc2ccc(N(C)S(=O)(=O)N(C)C)cc2cc1[C@@H](c1ccccc1)[C@@](O)(CCN(C)C)c1cccc(F)c1. The summed E-state index contributed by atoms with van der Waals surface area (Å²) in [6, 6.07) is 22.6. The maximum absolute atomic E-state index is 14.6. The van der Waals surface area contributed by atoms with Crippen molar-refractivity contribution in [3.63, 3.8) is 0 Å². The summed E-state index contributed by atoms with van der Waals surface area (Å²) >= 11 is 0. The summed E-state index contributed by atoms with van der Waals surface area (Å²) < 4.78 is 48.3. The maximum atomic E-state index is 14.6. The Bertz CT molecular complexity index is 1620. The number of aliphatic hydroxyl groups is 1. The first-order valence-electron chi connectivity index (χ1n) is 13.2. The van der Waals surface area contributed by atoms with Crippen LogP contribution in [-0.4, -0.2) is 76.6 Å². The van der Waals surface area contributed by atoms with Gasteiger partial charge in [0.05, 0.1) is 18.3 Å². The molecular weight excluding hydrogens is 543 g/mol. The Morgan fingerprint density at radius 3 is 2.27 bits per heavy atom. The minimum absolute atomic E-state index is 0.286. The predicted octanol–water partition coefficient (Wildman–Crippen LogP) is 4.60. The second-order valence-electron chi connectivity index (χ2n) is 10.6. The Balaban J connectivity index is 2.00. The zero-order valence-electron chi connectivity index (χ0n) is 24.2. The van der Waals surface area contributed by atoms with E-state index in [1.165, 1.54) is 44.7 Å². The third kappa shape index (κ3) is 6.20. The van der Waals surface area contributed by atoms with Gasteiger partial charge < -0.3 is 14.7 Å². The van der Waals surface area contributed by atoms with Crippen molar-refractivity contribution in [1.29, 1.82) is 0 Å². The summed E-state index contributed by atoms with van der Waals surface area (Å²) in [4.78, 5) is 6.73. The van der Waals surface area contributed by atoms with Gasteiger partial charge in [-0.3, -0.25) is 4.31 Å². The lowest BCUT2D eigenvalue weighted by atomic mass is 9.71. The minimum Gasteiger partial charge on any atom is -0.481 e. The summed E-state index contributed by atoms with van der Waals surface area (Å²) in [6.07, 6.45) is 0.286. The molecule has 0 spiro atoms. The van der Waals surface area contributed by atoms with Crippen LogP contribution in [0.3, 0.4) is 0 Å². The maximum Gasteiger partial charge on any atom is 0.303 e. The van der Waals surface area contributed by atoms with Gasteiger partial charge in [0.2, 0.25) is 5.88 Å². The van der Waals surface area contributed by atoms with Crippen LogP contribution in [0.2, 0.25) is 0 Å². The van der Waals surface area contributed by atoms with Crippen LogP contribution in [0.15, 0.2) is 78.9 Å². The molecule has 8 nitrogen and oxygen atoms in total. The lowest BCUT2D eigenvalue weighted by molar-refractivity contribution is 0.00354. The fourth-order valence-electron chi connectivity index (χ4n) is 5.07. The van der Waals surface area contributed by atoms with E-state index in [0.717, 1.165) is 9.87 Å². The molecule has 41 heavy (non-hydrogen) atoms. The first kappa shape index (κ1) is 30.4. The third-order valence-corrected chi connectivity index (χ3v) is 9.17. The standard InChI is InChI=1S/C31H37FN4O4S/c1-34(2)18-17-31(37,24-13-10-14-25(32)21-24)29(22-11-8-7-9-12-22)27-20-23-19-26(36(5)41(38,39)35(3)4)15-16-28(23)33-30(27)40-6/h7-16,19-21,29,37H,17-18H2,1-6H3/t29-,31-/m1/s1. The molecule has 0 saturated heterocycles. The molecule has 0 amide bonds. The highest BCUT2D eigenvalue weighted by Crippen LogP contribution is 2.47. The molecule has 0 aliphatic carbocycles. The molecule has 4 aromatic rings. The van der Waals surface area contributed by atoms with E-state index in [4.69, 9.17) is 9.72 Å². The van der Waals surface area contributed by atoms with Crippen LogP contribution in [0.1, 0.15) is 29.0 Å². The largest absolute Gasteiger partial charge is 0.481 e. The van der Waals surface area contributed by atoms with Crippen LogP contribution in [0.5, 0.6) is 5.88 Å². The lowest BCUT2D eigenvalue weighted by Crippen LogP contribution is -2.38. The average Bonchev–Trinajstić information content (AvgIpc) is 2.95. The van der Waals surface area contributed by atoms with Crippen LogP contribution in [-0.2, 0) is 15.8 Å². The van der Waals surface area contributed by atoms with Gasteiger partial charge in [-0.25, -0.2) is 9.37 Å². The Kier molecular flexibility index (Phi) is 8.98. The van der Waals surface area contributed by atoms with Crippen molar-refractivity contribution in [2.75, 3.05) is 53.2 Å². The monoisotopic (exact) mass is 580 g/mol. The number of aromatic nitrogens is 1. The smallest absolute Gasteiger partial charge is 0.303 e. The zero-order chi connectivity index (χ0) is 29.9. The Labute approximate surface area is 241 Å². The van der Waals surface area contributed by atoms with Crippen molar-refractivity contribution in [2.24, 2.45) is 0 Å². The van der Waals surface area contributed by atoms with Gasteiger partial charge in [0.25, 0.3) is 0 Å². The molecule has 2 atom stereocenters. The molecule has 1 aromatic heterocycles.